The lowest BCUT2D eigenvalue weighted by Gasteiger charge is -2.20. The highest BCUT2D eigenvalue weighted by molar-refractivity contribution is 5.93. The molecule has 0 unspecified atom stereocenters. The van der Waals surface area contributed by atoms with Crippen LogP contribution in [0.3, 0.4) is 0 Å². The third kappa shape index (κ3) is 3.36. The van der Waals surface area contributed by atoms with E-state index in [9.17, 15) is 9.59 Å². The summed E-state index contributed by atoms with van der Waals surface area (Å²) in [6.07, 6.45) is 1.44. The Bertz CT molecular complexity index is 528. The van der Waals surface area contributed by atoms with E-state index in [-0.39, 0.29) is 12.5 Å². The van der Waals surface area contributed by atoms with E-state index in [2.05, 4.69) is 5.32 Å². The van der Waals surface area contributed by atoms with Crippen molar-refractivity contribution in [1.29, 1.82) is 0 Å². The molecule has 2 rings (SSSR count). The van der Waals surface area contributed by atoms with Gasteiger partial charge in [-0.1, -0.05) is 17.7 Å². The number of carbonyl (C=O) groups is 2. The molecule has 0 bridgehead atoms. The molecule has 1 heterocycles. The topological polar surface area (TPSA) is 69.6 Å². The van der Waals surface area contributed by atoms with Gasteiger partial charge in [0.25, 0.3) is 0 Å². The molecular weight excluding hydrogens is 256 g/mol. The summed E-state index contributed by atoms with van der Waals surface area (Å²) in [5, 5.41) is 11.9. The molecule has 5 heteroatoms. The van der Waals surface area contributed by atoms with E-state index < -0.39 is 12.0 Å². The molecule has 1 aliphatic heterocycles. The normalized spacial score (nSPS) is 19.0. The average Bonchev–Trinajstić information content (AvgIpc) is 2.81. The van der Waals surface area contributed by atoms with E-state index in [4.69, 9.17) is 5.11 Å². The third-order valence-electron chi connectivity index (χ3n) is 3.65. The first kappa shape index (κ1) is 14.5. The summed E-state index contributed by atoms with van der Waals surface area (Å²) in [5.74, 6) is -1.01. The molecule has 1 aromatic rings. The van der Waals surface area contributed by atoms with E-state index in [0.717, 1.165) is 23.2 Å². The van der Waals surface area contributed by atoms with Gasteiger partial charge in [0.15, 0.2) is 0 Å². The Morgan fingerprint density at radius 2 is 2.15 bits per heavy atom. The maximum Gasteiger partial charge on any atom is 0.320 e. The van der Waals surface area contributed by atoms with Crippen LogP contribution in [0.15, 0.2) is 18.2 Å². The Morgan fingerprint density at radius 1 is 1.40 bits per heavy atom. The highest BCUT2D eigenvalue weighted by Gasteiger charge is 2.31. The fourth-order valence-corrected chi connectivity index (χ4v) is 2.62. The number of carboxylic acid groups (broad SMARTS) is 1. The number of aryl methyl sites for hydroxylation is 2. The number of carboxylic acids is 1. The minimum atomic E-state index is -0.846. The van der Waals surface area contributed by atoms with Crippen molar-refractivity contribution in [3.8, 4) is 0 Å². The lowest BCUT2D eigenvalue weighted by atomic mass is 10.1. The lowest BCUT2D eigenvalue weighted by Crippen LogP contribution is -2.40. The minimum Gasteiger partial charge on any atom is -0.480 e. The monoisotopic (exact) mass is 276 g/mol. The molecule has 2 N–H and O–H groups in total. The van der Waals surface area contributed by atoms with Gasteiger partial charge in [0, 0.05) is 5.69 Å². The van der Waals surface area contributed by atoms with Crippen LogP contribution in [0.4, 0.5) is 5.69 Å². The molecule has 108 valence electrons. The number of likely N-dealkylation sites (tertiary alicyclic amines) is 1. The maximum atomic E-state index is 12.0. The van der Waals surface area contributed by atoms with Crippen molar-refractivity contribution in [2.75, 3.05) is 18.4 Å². The molecule has 5 nitrogen and oxygen atoms in total. The van der Waals surface area contributed by atoms with Crippen LogP contribution < -0.4 is 5.32 Å². The zero-order valence-corrected chi connectivity index (χ0v) is 11.8. The number of hydrogen-bond donors (Lipinski definition) is 2. The van der Waals surface area contributed by atoms with Gasteiger partial charge in [-0.25, -0.2) is 0 Å². The van der Waals surface area contributed by atoms with Gasteiger partial charge in [-0.15, -0.1) is 0 Å². The smallest absolute Gasteiger partial charge is 0.320 e. The Hall–Kier alpha value is -1.88. The van der Waals surface area contributed by atoms with E-state index in [1.165, 1.54) is 0 Å². The summed E-state index contributed by atoms with van der Waals surface area (Å²) < 4.78 is 0. The SMILES string of the molecule is Cc1ccc(NC(=O)CN2CCC[C@@H]2C(=O)O)c(C)c1. The van der Waals surface area contributed by atoms with Crippen molar-refractivity contribution in [1.82, 2.24) is 4.90 Å². The minimum absolute atomic E-state index is 0.129. The molecule has 0 aliphatic carbocycles. The van der Waals surface area contributed by atoms with Crippen LogP contribution in [0.5, 0.6) is 0 Å². The standard InChI is InChI=1S/C15H20N2O3/c1-10-5-6-12(11(2)8-10)16-14(18)9-17-7-3-4-13(17)15(19)20/h5-6,8,13H,3-4,7,9H2,1-2H3,(H,16,18)(H,19,20)/t13-/m1/s1. The molecule has 1 saturated heterocycles. The van der Waals surface area contributed by atoms with Gasteiger partial charge in [-0.05, 0) is 44.9 Å². The number of benzene rings is 1. The number of amides is 1. The number of hydrogen-bond acceptors (Lipinski definition) is 3. The largest absolute Gasteiger partial charge is 0.480 e. The van der Waals surface area contributed by atoms with Crippen molar-refractivity contribution < 1.29 is 14.7 Å². The lowest BCUT2D eigenvalue weighted by molar-refractivity contribution is -0.142. The molecule has 1 amide bonds. The van der Waals surface area contributed by atoms with Crippen LogP contribution in [0.2, 0.25) is 0 Å². The second-order valence-corrected chi connectivity index (χ2v) is 5.33. The first-order valence-electron chi connectivity index (χ1n) is 6.81. The Morgan fingerprint density at radius 3 is 2.80 bits per heavy atom. The van der Waals surface area contributed by atoms with Crippen molar-refractivity contribution >= 4 is 17.6 Å². The van der Waals surface area contributed by atoms with Gasteiger partial charge in [-0.2, -0.15) is 0 Å². The number of nitrogens with zero attached hydrogens (tertiary/aromatic N) is 1. The highest BCUT2D eigenvalue weighted by atomic mass is 16.4. The quantitative estimate of drug-likeness (QED) is 0.879. The van der Waals surface area contributed by atoms with Crippen LogP contribution in [0, 0.1) is 13.8 Å². The number of nitrogens with one attached hydrogen (secondary N) is 1. The predicted molar refractivity (Wildman–Crippen MR) is 76.8 cm³/mol. The summed E-state index contributed by atoms with van der Waals surface area (Å²) >= 11 is 0. The van der Waals surface area contributed by atoms with Crippen molar-refractivity contribution in [3.63, 3.8) is 0 Å². The molecule has 1 aliphatic rings. The molecule has 0 radical (unpaired) electrons. The molecule has 20 heavy (non-hydrogen) atoms. The van der Waals surface area contributed by atoms with Gasteiger partial charge in [0.2, 0.25) is 5.91 Å². The molecule has 0 saturated carbocycles. The molecule has 0 spiro atoms. The van der Waals surface area contributed by atoms with Crippen LogP contribution in [0.25, 0.3) is 0 Å². The van der Waals surface area contributed by atoms with E-state index >= 15 is 0 Å². The van der Waals surface area contributed by atoms with Crippen molar-refractivity contribution in [3.05, 3.63) is 29.3 Å². The molecule has 0 aromatic heterocycles. The number of carbonyl (C=O) groups excluding carboxylic acids is 1. The fourth-order valence-electron chi connectivity index (χ4n) is 2.62. The Labute approximate surface area is 118 Å². The van der Waals surface area contributed by atoms with Gasteiger partial charge >= 0.3 is 5.97 Å². The summed E-state index contributed by atoms with van der Waals surface area (Å²) in [4.78, 5) is 24.8. The van der Waals surface area contributed by atoms with Gasteiger partial charge < -0.3 is 10.4 Å². The van der Waals surface area contributed by atoms with Crippen molar-refractivity contribution in [2.45, 2.75) is 32.7 Å². The number of aliphatic carboxylic acids is 1. The zero-order valence-electron chi connectivity index (χ0n) is 11.8. The van der Waals surface area contributed by atoms with Crippen LogP contribution in [-0.2, 0) is 9.59 Å². The summed E-state index contributed by atoms with van der Waals surface area (Å²) in [5.41, 5.74) is 2.94. The average molecular weight is 276 g/mol. The summed E-state index contributed by atoms with van der Waals surface area (Å²) in [6, 6.07) is 5.30. The second kappa shape index (κ2) is 6.05. The van der Waals surface area contributed by atoms with E-state index in [0.29, 0.717) is 13.0 Å². The molecule has 1 fully saturated rings. The summed E-state index contributed by atoms with van der Waals surface area (Å²) in [7, 11) is 0. The van der Waals surface area contributed by atoms with Crippen LogP contribution >= 0.6 is 0 Å². The second-order valence-electron chi connectivity index (χ2n) is 5.33. The number of rotatable bonds is 4. The first-order chi connectivity index (χ1) is 9.47. The van der Waals surface area contributed by atoms with E-state index in [1.54, 1.807) is 4.90 Å². The Kier molecular flexibility index (Phi) is 4.39. The van der Waals surface area contributed by atoms with Gasteiger partial charge in [0.05, 0.1) is 6.54 Å². The summed E-state index contributed by atoms with van der Waals surface area (Å²) in [6.45, 7) is 4.74. The zero-order chi connectivity index (χ0) is 14.7. The molecular formula is C15H20N2O3. The highest BCUT2D eigenvalue weighted by Crippen LogP contribution is 2.19. The fraction of sp³-hybridized carbons (Fsp3) is 0.467. The van der Waals surface area contributed by atoms with E-state index in [1.807, 2.05) is 32.0 Å². The maximum absolute atomic E-state index is 12.0. The van der Waals surface area contributed by atoms with Crippen molar-refractivity contribution in [2.24, 2.45) is 0 Å². The van der Waals surface area contributed by atoms with Crippen LogP contribution in [-0.4, -0.2) is 41.0 Å². The third-order valence-corrected chi connectivity index (χ3v) is 3.65. The predicted octanol–water partition coefficient (Wildman–Crippen LogP) is 1.79. The first-order valence-corrected chi connectivity index (χ1v) is 6.81. The molecule has 1 atom stereocenters. The Balaban J connectivity index is 1.97. The van der Waals surface area contributed by atoms with Crippen LogP contribution in [0.1, 0.15) is 24.0 Å². The van der Waals surface area contributed by atoms with Gasteiger partial charge in [-0.3, -0.25) is 14.5 Å². The number of anilines is 1. The van der Waals surface area contributed by atoms with Gasteiger partial charge in [0.1, 0.15) is 6.04 Å². The molecule has 1 aromatic carbocycles.